The first kappa shape index (κ1) is 19.8. The van der Waals surface area contributed by atoms with Gasteiger partial charge in [0.25, 0.3) is 5.78 Å². The lowest BCUT2D eigenvalue weighted by Crippen LogP contribution is -2.48. The fraction of sp³-hybridized carbons (Fsp3) is 0.450. The quantitative estimate of drug-likeness (QED) is 0.653. The van der Waals surface area contributed by atoms with Crippen molar-refractivity contribution in [1.29, 1.82) is 0 Å². The van der Waals surface area contributed by atoms with Crippen LogP contribution in [-0.4, -0.2) is 64.7 Å². The standard InChI is InChI=1S/C20H26N6O2S/c1-20(2,3)16-7-5-15(6-8-16)17-9-10-21-18-22-19(23-26(17)18)24-11-13-25(14-12-24)29(4,27)28/h5-10H,11-14H2,1-4H3. The van der Waals surface area contributed by atoms with Gasteiger partial charge in [0.2, 0.25) is 16.0 Å². The van der Waals surface area contributed by atoms with E-state index in [1.54, 1.807) is 10.7 Å². The summed E-state index contributed by atoms with van der Waals surface area (Å²) in [4.78, 5) is 10.9. The number of benzene rings is 1. The molecule has 3 heterocycles. The summed E-state index contributed by atoms with van der Waals surface area (Å²) in [7, 11) is -3.16. The van der Waals surface area contributed by atoms with Gasteiger partial charge in [-0.05, 0) is 17.0 Å². The highest BCUT2D eigenvalue weighted by atomic mass is 32.2. The molecular weight excluding hydrogens is 388 g/mol. The Balaban J connectivity index is 1.63. The molecule has 4 rings (SSSR count). The van der Waals surface area contributed by atoms with Crippen molar-refractivity contribution >= 4 is 21.7 Å². The van der Waals surface area contributed by atoms with E-state index in [0.29, 0.717) is 37.9 Å². The molecule has 9 heteroatoms. The Labute approximate surface area is 171 Å². The van der Waals surface area contributed by atoms with Crippen molar-refractivity contribution in [3.05, 3.63) is 42.1 Å². The third kappa shape index (κ3) is 3.97. The number of piperazine rings is 1. The second kappa shape index (κ2) is 7.07. The first-order valence-electron chi connectivity index (χ1n) is 9.66. The van der Waals surface area contributed by atoms with Crippen LogP contribution in [0.5, 0.6) is 0 Å². The number of sulfonamides is 1. The van der Waals surface area contributed by atoms with Gasteiger partial charge < -0.3 is 4.90 Å². The number of fused-ring (bicyclic) bond motifs is 1. The fourth-order valence-corrected chi connectivity index (χ4v) is 4.32. The minimum atomic E-state index is -3.16. The second-order valence-electron chi connectivity index (χ2n) is 8.43. The summed E-state index contributed by atoms with van der Waals surface area (Å²) in [6.07, 6.45) is 2.98. The molecule has 0 N–H and O–H groups in total. The minimum absolute atomic E-state index is 0.0979. The molecule has 0 saturated carbocycles. The molecule has 0 radical (unpaired) electrons. The van der Waals surface area contributed by atoms with Crippen molar-refractivity contribution in [2.75, 3.05) is 37.3 Å². The predicted octanol–water partition coefficient (Wildman–Crippen LogP) is 2.17. The maximum atomic E-state index is 11.7. The summed E-state index contributed by atoms with van der Waals surface area (Å²) < 4.78 is 26.7. The Hall–Kier alpha value is -2.52. The van der Waals surface area contributed by atoms with Crippen LogP contribution in [0.25, 0.3) is 17.0 Å². The monoisotopic (exact) mass is 414 g/mol. The van der Waals surface area contributed by atoms with Crippen LogP contribution in [-0.2, 0) is 15.4 Å². The summed E-state index contributed by atoms with van der Waals surface area (Å²) in [6.45, 7) is 8.56. The summed E-state index contributed by atoms with van der Waals surface area (Å²) in [5.41, 5.74) is 3.34. The molecule has 0 spiro atoms. The summed E-state index contributed by atoms with van der Waals surface area (Å²) in [5, 5.41) is 4.67. The Kier molecular flexibility index (Phi) is 4.82. The minimum Gasteiger partial charge on any atom is -0.337 e. The largest absolute Gasteiger partial charge is 0.337 e. The molecule has 0 bridgehead atoms. The molecule has 2 aromatic heterocycles. The van der Waals surface area contributed by atoms with Gasteiger partial charge >= 0.3 is 0 Å². The topological polar surface area (TPSA) is 83.7 Å². The van der Waals surface area contributed by atoms with Crippen LogP contribution in [0.1, 0.15) is 26.3 Å². The molecule has 154 valence electrons. The highest BCUT2D eigenvalue weighted by Gasteiger charge is 2.26. The number of hydrogen-bond acceptors (Lipinski definition) is 6. The van der Waals surface area contributed by atoms with Gasteiger partial charge in [0.15, 0.2) is 0 Å². The van der Waals surface area contributed by atoms with E-state index in [1.807, 2.05) is 11.0 Å². The van der Waals surface area contributed by atoms with Crippen molar-refractivity contribution in [2.45, 2.75) is 26.2 Å². The lowest BCUT2D eigenvalue weighted by Gasteiger charge is -2.32. The summed E-state index contributed by atoms with van der Waals surface area (Å²) in [5.74, 6) is 1.10. The van der Waals surface area contributed by atoms with Crippen LogP contribution in [0.2, 0.25) is 0 Å². The van der Waals surface area contributed by atoms with E-state index >= 15 is 0 Å². The van der Waals surface area contributed by atoms with Gasteiger partial charge in [-0.2, -0.15) is 13.8 Å². The molecule has 29 heavy (non-hydrogen) atoms. The highest BCUT2D eigenvalue weighted by molar-refractivity contribution is 7.88. The average Bonchev–Trinajstić information content (AvgIpc) is 3.11. The van der Waals surface area contributed by atoms with E-state index in [0.717, 1.165) is 11.3 Å². The van der Waals surface area contributed by atoms with E-state index in [-0.39, 0.29) is 5.41 Å². The third-order valence-electron chi connectivity index (χ3n) is 5.27. The lowest BCUT2D eigenvalue weighted by atomic mass is 9.86. The van der Waals surface area contributed by atoms with Crippen molar-refractivity contribution in [3.63, 3.8) is 0 Å². The molecule has 0 aliphatic carbocycles. The van der Waals surface area contributed by atoms with Gasteiger partial charge in [-0.1, -0.05) is 45.0 Å². The molecule has 1 aliphatic rings. The highest BCUT2D eigenvalue weighted by Crippen LogP contribution is 2.26. The first-order valence-corrected chi connectivity index (χ1v) is 11.5. The van der Waals surface area contributed by atoms with E-state index in [1.165, 1.54) is 16.1 Å². The van der Waals surface area contributed by atoms with Crippen LogP contribution in [0.4, 0.5) is 5.95 Å². The smallest absolute Gasteiger partial charge is 0.254 e. The molecule has 1 aliphatic heterocycles. The Bertz CT molecular complexity index is 1120. The van der Waals surface area contributed by atoms with E-state index < -0.39 is 10.0 Å². The van der Waals surface area contributed by atoms with Gasteiger partial charge in [0, 0.05) is 37.9 Å². The molecule has 0 unspecified atom stereocenters. The van der Waals surface area contributed by atoms with Gasteiger partial charge in [0.05, 0.1) is 11.9 Å². The first-order chi connectivity index (χ1) is 13.6. The average molecular weight is 415 g/mol. The maximum Gasteiger partial charge on any atom is 0.254 e. The van der Waals surface area contributed by atoms with E-state index in [9.17, 15) is 8.42 Å². The Morgan fingerprint density at radius 2 is 1.62 bits per heavy atom. The molecule has 3 aromatic rings. The second-order valence-corrected chi connectivity index (χ2v) is 10.4. The van der Waals surface area contributed by atoms with E-state index in [4.69, 9.17) is 0 Å². The zero-order chi connectivity index (χ0) is 20.8. The van der Waals surface area contributed by atoms with Crippen LogP contribution in [0.3, 0.4) is 0 Å². The zero-order valence-corrected chi connectivity index (χ0v) is 18.0. The maximum absolute atomic E-state index is 11.7. The van der Waals surface area contributed by atoms with Gasteiger partial charge in [-0.3, -0.25) is 0 Å². The van der Waals surface area contributed by atoms with Crippen molar-refractivity contribution in [1.82, 2.24) is 23.9 Å². The van der Waals surface area contributed by atoms with Gasteiger partial charge in [0.1, 0.15) is 0 Å². The number of nitrogens with zero attached hydrogens (tertiary/aromatic N) is 6. The predicted molar refractivity (Wildman–Crippen MR) is 114 cm³/mol. The van der Waals surface area contributed by atoms with Crippen molar-refractivity contribution < 1.29 is 8.42 Å². The fourth-order valence-electron chi connectivity index (χ4n) is 3.50. The Morgan fingerprint density at radius 1 is 0.966 bits per heavy atom. The molecule has 1 fully saturated rings. The lowest BCUT2D eigenvalue weighted by molar-refractivity contribution is 0.385. The Morgan fingerprint density at radius 3 is 2.21 bits per heavy atom. The SMILES string of the molecule is CC(C)(C)c1ccc(-c2ccnc3nc(N4CCN(S(C)(=O)=O)CC4)nn23)cc1. The number of rotatable bonds is 3. The third-order valence-corrected chi connectivity index (χ3v) is 6.57. The summed E-state index contributed by atoms with van der Waals surface area (Å²) >= 11 is 0. The van der Waals surface area contributed by atoms with Crippen LogP contribution in [0, 0.1) is 0 Å². The molecule has 1 saturated heterocycles. The molecule has 0 amide bonds. The molecular formula is C20H26N6O2S. The summed E-state index contributed by atoms with van der Waals surface area (Å²) in [6, 6.07) is 10.4. The van der Waals surface area contributed by atoms with Crippen molar-refractivity contribution in [2.24, 2.45) is 0 Å². The molecule has 0 atom stereocenters. The van der Waals surface area contributed by atoms with Crippen LogP contribution >= 0.6 is 0 Å². The normalized spacial score (nSPS) is 16.5. The number of hydrogen-bond donors (Lipinski definition) is 0. The zero-order valence-electron chi connectivity index (χ0n) is 17.2. The number of anilines is 1. The number of aromatic nitrogens is 4. The molecule has 8 nitrogen and oxygen atoms in total. The molecule has 1 aromatic carbocycles. The van der Waals surface area contributed by atoms with Crippen molar-refractivity contribution in [3.8, 4) is 11.3 Å². The van der Waals surface area contributed by atoms with E-state index in [2.05, 4.69) is 60.1 Å². The van der Waals surface area contributed by atoms with Crippen LogP contribution < -0.4 is 4.90 Å². The van der Waals surface area contributed by atoms with Gasteiger partial charge in [-0.15, -0.1) is 5.10 Å². The van der Waals surface area contributed by atoms with Crippen LogP contribution in [0.15, 0.2) is 36.5 Å². The van der Waals surface area contributed by atoms with Gasteiger partial charge in [-0.25, -0.2) is 13.4 Å².